The molecule has 0 amide bonds. The summed E-state index contributed by atoms with van der Waals surface area (Å²) in [6, 6.07) is 11.0. The molecule has 94 valence electrons. The van der Waals surface area contributed by atoms with Gasteiger partial charge in [-0.2, -0.15) is 0 Å². The highest BCUT2D eigenvalue weighted by atomic mass is 79.9. The van der Waals surface area contributed by atoms with Gasteiger partial charge in [0.25, 0.3) is 0 Å². The van der Waals surface area contributed by atoms with Crippen LogP contribution in [0.3, 0.4) is 0 Å². The third-order valence-electron chi connectivity index (χ3n) is 3.64. The van der Waals surface area contributed by atoms with Gasteiger partial charge in [0.05, 0.1) is 6.04 Å². The van der Waals surface area contributed by atoms with Gasteiger partial charge in [0.1, 0.15) is 0 Å². The molecule has 1 aliphatic rings. The Hall–Kier alpha value is -0.680. The van der Waals surface area contributed by atoms with E-state index < -0.39 is 0 Å². The number of fused-ring (bicyclic) bond motifs is 1. The molecule has 3 N–H and O–H groups in total. The van der Waals surface area contributed by atoms with Crippen LogP contribution in [0.1, 0.15) is 34.4 Å². The molecular weight excluding hydrogens is 308 g/mol. The summed E-state index contributed by atoms with van der Waals surface area (Å²) in [6.45, 7) is 0. The minimum Gasteiger partial charge on any atom is -0.271 e. The molecule has 3 rings (SSSR count). The first kappa shape index (κ1) is 12.4. The molecule has 1 aliphatic carbocycles. The molecule has 1 heterocycles. The topological polar surface area (TPSA) is 38.0 Å². The zero-order valence-corrected chi connectivity index (χ0v) is 12.3. The number of benzene rings is 1. The number of thiophene rings is 1. The van der Waals surface area contributed by atoms with Crippen molar-refractivity contribution in [3.63, 3.8) is 0 Å². The first-order chi connectivity index (χ1) is 8.79. The number of nitrogens with two attached hydrogens (primary N) is 1. The van der Waals surface area contributed by atoms with Crippen LogP contribution in [0.5, 0.6) is 0 Å². The predicted octanol–water partition coefficient (Wildman–Crippen LogP) is 3.75. The maximum Gasteiger partial charge on any atom is 0.0570 e. The second kappa shape index (κ2) is 5.13. The van der Waals surface area contributed by atoms with E-state index in [1.165, 1.54) is 22.4 Å². The van der Waals surface area contributed by atoms with Crippen LogP contribution in [0.4, 0.5) is 0 Å². The molecule has 0 fully saturated rings. The van der Waals surface area contributed by atoms with Gasteiger partial charge >= 0.3 is 0 Å². The van der Waals surface area contributed by atoms with Crippen molar-refractivity contribution in [2.75, 3.05) is 0 Å². The molecule has 2 nitrogen and oxygen atoms in total. The lowest BCUT2D eigenvalue weighted by Gasteiger charge is -2.32. The fourth-order valence-electron chi connectivity index (χ4n) is 2.66. The highest BCUT2D eigenvalue weighted by Gasteiger charge is 2.29. The van der Waals surface area contributed by atoms with Gasteiger partial charge in [-0.05, 0) is 57.3 Å². The van der Waals surface area contributed by atoms with Gasteiger partial charge in [0.2, 0.25) is 0 Å². The van der Waals surface area contributed by atoms with Crippen molar-refractivity contribution in [3.05, 3.63) is 56.2 Å². The molecule has 1 aromatic carbocycles. The number of nitrogens with one attached hydrogen (secondary N) is 1. The molecule has 0 saturated heterocycles. The zero-order valence-electron chi connectivity index (χ0n) is 9.90. The highest BCUT2D eigenvalue weighted by Crippen LogP contribution is 2.42. The standard InChI is InChI=1S/C14H15BrN2S/c15-12-5-6-18-14(12)13(17-16)8-10-7-9-3-1-2-4-11(9)10/h1-6,10,13,17H,7-8,16H2. The fourth-order valence-corrected chi connectivity index (χ4v) is 4.39. The van der Waals surface area contributed by atoms with E-state index in [1.807, 2.05) is 0 Å². The third-order valence-corrected chi connectivity index (χ3v) is 5.63. The van der Waals surface area contributed by atoms with Crippen LogP contribution in [0.25, 0.3) is 0 Å². The van der Waals surface area contributed by atoms with Crippen LogP contribution in [-0.4, -0.2) is 0 Å². The van der Waals surface area contributed by atoms with Crippen molar-refractivity contribution < 1.29 is 0 Å². The second-order valence-corrected chi connectivity index (χ2v) is 6.49. The lowest BCUT2D eigenvalue weighted by molar-refractivity contribution is 0.439. The van der Waals surface area contributed by atoms with E-state index in [4.69, 9.17) is 5.84 Å². The summed E-state index contributed by atoms with van der Waals surface area (Å²) in [4.78, 5) is 1.29. The lowest BCUT2D eigenvalue weighted by Crippen LogP contribution is -2.31. The van der Waals surface area contributed by atoms with Crippen LogP contribution in [-0.2, 0) is 6.42 Å². The molecule has 0 aliphatic heterocycles. The third kappa shape index (κ3) is 2.14. The van der Waals surface area contributed by atoms with Crippen molar-refractivity contribution in [2.45, 2.75) is 24.8 Å². The highest BCUT2D eigenvalue weighted by molar-refractivity contribution is 9.10. The van der Waals surface area contributed by atoms with E-state index in [0.29, 0.717) is 5.92 Å². The summed E-state index contributed by atoms with van der Waals surface area (Å²) in [5, 5.41) is 2.10. The van der Waals surface area contributed by atoms with E-state index in [1.54, 1.807) is 11.3 Å². The predicted molar refractivity (Wildman–Crippen MR) is 79.6 cm³/mol. The molecule has 2 unspecified atom stereocenters. The number of halogens is 1. The van der Waals surface area contributed by atoms with Crippen LogP contribution in [0.2, 0.25) is 0 Å². The van der Waals surface area contributed by atoms with Crippen molar-refractivity contribution in [1.82, 2.24) is 5.43 Å². The summed E-state index contributed by atoms with van der Waals surface area (Å²) < 4.78 is 1.16. The molecule has 1 aromatic heterocycles. The minimum absolute atomic E-state index is 0.234. The first-order valence-corrected chi connectivity index (χ1v) is 7.73. The van der Waals surface area contributed by atoms with E-state index in [9.17, 15) is 0 Å². The average Bonchev–Trinajstić information content (AvgIpc) is 2.77. The number of hydrogen-bond donors (Lipinski definition) is 2. The Morgan fingerprint density at radius 1 is 1.39 bits per heavy atom. The molecule has 2 atom stereocenters. The second-order valence-electron chi connectivity index (χ2n) is 4.69. The van der Waals surface area contributed by atoms with E-state index in [2.05, 4.69) is 57.1 Å². The Kier molecular flexibility index (Phi) is 3.52. The van der Waals surface area contributed by atoms with Crippen LogP contribution < -0.4 is 11.3 Å². The normalized spacial score (nSPS) is 19.1. The Morgan fingerprint density at radius 2 is 2.22 bits per heavy atom. The van der Waals surface area contributed by atoms with Gasteiger partial charge in [-0.3, -0.25) is 11.3 Å². The minimum atomic E-state index is 0.234. The Labute approximate surface area is 119 Å². The van der Waals surface area contributed by atoms with Gasteiger partial charge in [-0.15, -0.1) is 11.3 Å². The maximum absolute atomic E-state index is 5.72. The van der Waals surface area contributed by atoms with Crippen molar-refractivity contribution >= 4 is 27.3 Å². The average molecular weight is 323 g/mol. The van der Waals surface area contributed by atoms with E-state index in [0.717, 1.165) is 10.9 Å². The van der Waals surface area contributed by atoms with E-state index in [-0.39, 0.29) is 6.04 Å². The number of rotatable bonds is 4. The van der Waals surface area contributed by atoms with Crippen LogP contribution in [0, 0.1) is 0 Å². The zero-order chi connectivity index (χ0) is 12.5. The van der Waals surface area contributed by atoms with Gasteiger partial charge in [0, 0.05) is 9.35 Å². The molecule has 0 saturated carbocycles. The Bertz CT molecular complexity index is 552. The molecule has 2 aromatic rings. The first-order valence-electron chi connectivity index (χ1n) is 6.06. The quantitative estimate of drug-likeness (QED) is 0.664. The summed E-state index contributed by atoms with van der Waals surface area (Å²) in [7, 11) is 0. The lowest BCUT2D eigenvalue weighted by atomic mass is 9.74. The summed E-state index contributed by atoms with van der Waals surface area (Å²) in [5.74, 6) is 6.35. The van der Waals surface area contributed by atoms with Crippen LogP contribution in [0.15, 0.2) is 40.2 Å². The van der Waals surface area contributed by atoms with Gasteiger partial charge in [-0.25, -0.2) is 0 Å². The summed E-state index contributed by atoms with van der Waals surface area (Å²) in [5.41, 5.74) is 5.94. The van der Waals surface area contributed by atoms with Crippen molar-refractivity contribution in [3.8, 4) is 0 Å². The van der Waals surface area contributed by atoms with Crippen molar-refractivity contribution in [2.24, 2.45) is 5.84 Å². The van der Waals surface area contributed by atoms with Crippen LogP contribution >= 0.6 is 27.3 Å². The Balaban J connectivity index is 1.76. The molecule has 4 heteroatoms. The van der Waals surface area contributed by atoms with Crippen molar-refractivity contribution in [1.29, 1.82) is 0 Å². The Morgan fingerprint density at radius 3 is 2.89 bits per heavy atom. The SMILES string of the molecule is NNC(CC1Cc2ccccc21)c1sccc1Br. The molecule has 0 spiro atoms. The molecule has 18 heavy (non-hydrogen) atoms. The molecular formula is C14H15BrN2S. The maximum atomic E-state index is 5.72. The summed E-state index contributed by atoms with van der Waals surface area (Å²) in [6.07, 6.45) is 2.24. The van der Waals surface area contributed by atoms with Gasteiger partial charge < -0.3 is 0 Å². The number of hydrazine groups is 1. The molecule has 0 bridgehead atoms. The number of hydrogen-bond acceptors (Lipinski definition) is 3. The summed E-state index contributed by atoms with van der Waals surface area (Å²) >= 11 is 5.33. The monoisotopic (exact) mass is 322 g/mol. The van der Waals surface area contributed by atoms with Gasteiger partial charge in [-0.1, -0.05) is 24.3 Å². The molecule has 0 radical (unpaired) electrons. The fraction of sp³-hybridized carbons (Fsp3) is 0.286. The largest absolute Gasteiger partial charge is 0.271 e. The van der Waals surface area contributed by atoms with Gasteiger partial charge in [0.15, 0.2) is 0 Å². The van der Waals surface area contributed by atoms with E-state index >= 15 is 0 Å². The smallest absolute Gasteiger partial charge is 0.0570 e.